The summed E-state index contributed by atoms with van der Waals surface area (Å²) in [6, 6.07) is 0. The fourth-order valence-electron chi connectivity index (χ4n) is 1.89. The maximum absolute atomic E-state index is 5.67. The molecule has 0 N–H and O–H groups in total. The molecule has 0 aliphatic carbocycles. The molecule has 0 bridgehead atoms. The fraction of sp³-hybridized carbons (Fsp3) is 0.800. The van der Waals surface area contributed by atoms with Crippen molar-refractivity contribution in [2.24, 2.45) is 5.41 Å². The van der Waals surface area contributed by atoms with Gasteiger partial charge in [0.15, 0.2) is 0 Å². The first-order chi connectivity index (χ1) is 5.62. The third-order valence-electron chi connectivity index (χ3n) is 3.19. The summed E-state index contributed by atoms with van der Waals surface area (Å²) in [7, 11) is 0. The lowest BCUT2D eigenvalue weighted by atomic mass is 9.73. The standard InChI is InChI=1S/C10H16O2/c1-7-10(2,3)9(12-7)8-5-4-6-11-8/h4,6-9H,5H2,1-3H3. The van der Waals surface area contributed by atoms with Crippen molar-refractivity contribution < 1.29 is 9.47 Å². The molecule has 2 aliphatic heterocycles. The third-order valence-corrected chi connectivity index (χ3v) is 3.19. The molecule has 1 saturated heterocycles. The van der Waals surface area contributed by atoms with Gasteiger partial charge >= 0.3 is 0 Å². The highest BCUT2D eigenvalue weighted by Crippen LogP contribution is 2.44. The SMILES string of the molecule is CC1OC(C2CC=CO2)C1(C)C. The normalized spacial score (nSPS) is 43.8. The van der Waals surface area contributed by atoms with Gasteiger partial charge in [-0.15, -0.1) is 0 Å². The van der Waals surface area contributed by atoms with Crippen molar-refractivity contribution >= 4 is 0 Å². The van der Waals surface area contributed by atoms with E-state index < -0.39 is 0 Å². The van der Waals surface area contributed by atoms with Crippen molar-refractivity contribution in [3.63, 3.8) is 0 Å². The predicted molar refractivity (Wildman–Crippen MR) is 46.7 cm³/mol. The van der Waals surface area contributed by atoms with Crippen LogP contribution in [0.4, 0.5) is 0 Å². The van der Waals surface area contributed by atoms with E-state index in [0.29, 0.717) is 6.10 Å². The topological polar surface area (TPSA) is 18.5 Å². The second kappa shape index (κ2) is 2.49. The largest absolute Gasteiger partial charge is 0.495 e. The second-order valence-electron chi connectivity index (χ2n) is 4.30. The zero-order valence-electron chi connectivity index (χ0n) is 7.91. The number of rotatable bonds is 1. The summed E-state index contributed by atoms with van der Waals surface area (Å²) in [4.78, 5) is 0. The zero-order chi connectivity index (χ0) is 8.77. The Bertz CT molecular complexity index is 200. The van der Waals surface area contributed by atoms with Gasteiger partial charge in [-0.05, 0) is 13.0 Å². The summed E-state index contributed by atoms with van der Waals surface area (Å²) in [6.07, 6.45) is 5.76. The summed E-state index contributed by atoms with van der Waals surface area (Å²) >= 11 is 0. The van der Waals surface area contributed by atoms with Crippen LogP contribution in [0.15, 0.2) is 12.3 Å². The maximum atomic E-state index is 5.67. The molecule has 0 radical (unpaired) electrons. The molecular weight excluding hydrogens is 152 g/mol. The molecule has 2 heteroatoms. The second-order valence-corrected chi connectivity index (χ2v) is 4.30. The molecule has 0 aromatic rings. The Hall–Kier alpha value is -0.500. The van der Waals surface area contributed by atoms with Crippen molar-refractivity contribution in [1.29, 1.82) is 0 Å². The molecule has 0 aromatic heterocycles. The maximum Gasteiger partial charge on any atom is 0.128 e. The molecular formula is C10H16O2. The summed E-state index contributed by atoms with van der Waals surface area (Å²) < 4.78 is 11.1. The van der Waals surface area contributed by atoms with Crippen molar-refractivity contribution in [2.75, 3.05) is 0 Å². The molecule has 2 aliphatic rings. The van der Waals surface area contributed by atoms with Gasteiger partial charge in [-0.1, -0.05) is 13.8 Å². The fourth-order valence-corrected chi connectivity index (χ4v) is 1.89. The van der Waals surface area contributed by atoms with Gasteiger partial charge in [-0.3, -0.25) is 0 Å². The zero-order valence-corrected chi connectivity index (χ0v) is 7.91. The van der Waals surface area contributed by atoms with Gasteiger partial charge in [0, 0.05) is 11.8 Å². The van der Waals surface area contributed by atoms with E-state index in [2.05, 4.69) is 26.8 Å². The Morgan fingerprint density at radius 3 is 2.58 bits per heavy atom. The van der Waals surface area contributed by atoms with Gasteiger partial charge in [0.2, 0.25) is 0 Å². The smallest absolute Gasteiger partial charge is 0.128 e. The number of ether oxygens (including phenoxy) is 2. The molecule has 0 amide bonds. The Kier molecular flexibility index (Phi) is 1.69. The molecule has 12 heavy (non-hydrogen) atoms. The molecule has 2 rings (SSSR count). The first-order valence-electron chi connectivity index (χ1n) is 4.58. The van der Waals surface area contributed by atoms with Gasteiger partial charge in [0.1, 0.15) is 12.2 Å². The summed E-state index contributed by atoms with van der Waals surface area (Å²) in [5.74, 6) is 0. The van der Waals surface area contributed by atoms with Crippen LogP contribution < -0.4 is 0 Å². The lowest BCUT2D eigenvalue weighted by Crippen LogP contribution is -2.59. The first kappa shape index (κ1) is 8.11. The monoisotopic (exact) mass is 168 g/mol. The quantitative estimate of drug-likeness (QED) is 0.597. The van der Waals surface area contributed by atoms with Crippen LogP contribution in [0.3, 0.4) is 0 Å². The van der Waals surface area contributed by atoms with Crippen LogP contribution in [0.2, 0.25) is 0 Å². The van der Waals surface area contributed by atoms with Gasteiger partial charge in [-0.25, -0.2) is 0 Å². The van der Waals surface area contributed by atoms with Crippen LogP contribution in [0.25, 0.3) is 0 Å². The average Bonchev–Trinajstić information content (AvgIpc) is 2.51. The number of hydrogen-bond donors (Lipinski definition) is 0. The molecule has 3 unspecified atom stereocenters. The molecule has 0 aromatic carbocycles. The van der Waals surface area contributed by atoms with Gasteiger partial charge in [-0.2, -0.15) is 0 Å². The summed E-state index contributed by atoms with van der Waals surface area (Å²) in [5, 5.41) is 0. The molecule has 2 nitrogen and oxygen atoms in total. The minimum atomic E-state index is 0.260. The minimum Gasteiger partial charge on any atom is -0.495 e. The Balaban J connectivity index is 1.99. The summed E-state index contributed by atoms with van der Waals surface area (Å²) in [6.45, 7) is 6.61. The lowest BCUT2D eigenvalue weighted by Gasteiger charge is -2.52. The van der Waals surface area contributed by atoms with Crippen LogP contribution in [0.5, 0.6) is 0 Å². The highest BCUT2D eigenvalue weighted by Gasteiger charge is 2.51. The van der Waals surface area contributed by atoms with Crippen molar-refractivity contribution in [3.8, 4) is 0 Å². The first-order valence-corrected chi connectivity index (χ1v) is 4.58. The third kappa shape index (κ3) is 0.977. The van der Waals surface area contributed by atoms with Crippen LogP contribution >= 0.6 is 0 Å². The van der Waals surface area contributed by atoms with Crippen LogP contribution in [0.1, 0.15) is 27.2 Å². The highest BCUT2D eigenvalue weighted by molar-refractivity contribution is 5.02. The van der Waals surface area contributed by atoms with Crippen LogP contribution in [0, 0.1) is 5.41 Å². The molecule has 1 fully saturated rings. The Labute approximate surface area is 73.5 Å². The number of hydrogen-bond acceptors (Lipinski definition) is 2. The van der Waals surface area contributed by atoms with E-state index in [1.165, 1.54) is 0 Å². The van der Waals surface area contributed by atoms with E-state index in [1.54, 1.807) is 6.26 Å². The lowest BCUT2D eigenvalue weighted by molar-refractivity contribution is -0.257. The summed E-state index contributed by atoms with van der Waals surface area (Å²) in [5.41, 5.74) is 0.274. The molecule has 2 heterocycles. The van der Waals surface area contributed by atoms with Gasteiger partial charge in [0.25, 0.3) is 0 Å². The molecule has 3 atom stereocenters. The van der Waals surface area contributed by atoms with E-state index >= 15 is 0 Å². The van der Waals surface area contributed by atoms with E-state index in [0.717, 1.165) is 6.42 Å². The van der Waals surface area contributed by atoms with Crippen LogP contribution in [-0.2, 0) is 9.47 Å². The van der Waals surface area contributed by atoms with Gasteiger partial charge in [0.05, 0.1) is 12.4 Å². The Morgan fingerprint density at radius 2 is 2.17 bits per heavy atom. The molecule has 68 valence electrons. The van der Waals surface area contributed by atoms with E-state index in [4.69, 9.17) is 9.47 Å². The van der Waals surface area contributed by atoms with Crippen molar-refractivity contribution in [2.45, 2.75) is 45.5 Å². The van der Waals surface area contributed by atoms with Crippen LogP contribution in [-0.4, -0.2) is 18.3 Å². The Morgan fingerprint density at radius 1 is 1.42 bits per heavy atom. The van der Waals surface area contributed by atoms with Crippen molar-refractivity contribution in [1.82, 2.24) is 0 Å². The minimum absolute atomic E-state index is 0.260. The van der Waals surface area contributed by atoms with E-state index in [9.17, 15) is 0 Å². The average molecular weight is 168 g/mol. The molecule has 0 saturated carbocycles. The predicted octanol–water partition coefficient (Wildman–Crippen LogP) is 2.10. The van der Waals surface area contributed by atoms with E-state index in [1.807, 2.05) is 0 Å². The van der Waals surface area contributed by atoms with Gasteiger partial charge < -0.3 is 9.47 Å². The highest BCUT2D eigenvalue weighted by atomic mass is 16.6. The molecule has 0 spiro atoms. The van der Waals surface area contributed by atoms with Crippen molar-refractivity contribution in [3.05, 3.63) is 12.3 Å². The van der Waals surface area contributed by atoms with E-state index in [-0.39, 0.29) is 17.6 Å².